The Morgan fingerprint density at radius 1 is 0.923 bits per heavy atom. The molecule has 1 fully saturated rings. The van der Waals surface area contributed by atoms with Crippen molar-refractivity contribution in [1.82, 2.24) is 19.7 Å². The number of hydrogen-bond acceptors (Lipinski definition) is 6. The van der Waals surface area contributed by atoms with Crippen molar-refractivity contribution in [2.24, 2.45) is 0 Å². The Labute approximate surface area is 234 Å². The summed E-state index contributed by atoms with van der Waals surface area (Å²) >= 11 is 11.9. The van der Waals surface area contributed by atoms with E-state index in [9.17, 15) is 14.0 Å². The van der Waals surface area contributed by atoms with Crippen molar-refractivity contribution in [2.45, 2.75) is 6.92 Å². The van der Waals surface area contributed by atoms with Crippen molar-refractivity contribution in [2.75, 3.05) is 37.7 Å². The lowest BCUT2D eigenvalue weighted by atomic mass is 10.1. The molecule has 1 aliphatic heterocycles. The van der Waals surface area contributed by atoms with E-state index in [1.54, 1.807) is 30.0 Å². The molecule has 39 heavy (non-hydrogen) atoms. The molecule has 11 heteroatoms. The minimum absolute atomic E-state index is 0.137. The first kappa shape index (κ1) is 26.6. The van der Waals surface area contributed by atoms with Crippen molar-refractivity contribution in [1.29, 1.82) is 0 Å². The highest BCUT2D eigenvalue weighted by atomic mass is 35.5. The third-order valence-electron chi connectivity index (χ3n) is 6.35. The van der Waals surface area contributed by atoms with Crippen LogP contribution in [-0.2, 0) is 4.74 Å². The normalized spacial score (nSPS) is 13.4. The summed E-state index contributed by atoms with van der Waals surface area (Å²) in [6.45, 7) is 4.30. The zero-order valence-corrected chi connectivity index (χ0v) is 22.5. The molecule has 0 saturated carbocycles. The Balaban J connectivity index is 1.33. The molecule has 1 saturated heterocycles. The van der Waals surface area contributed by atoms with Crippen LogP contribution in [0.2, 0.25) is 10.3 Å². The van der Waals surface area contributed by atoms with Gasteiger partial charge >= 0.3 is 5.97 Å². The van der Waals surface area contributed by atoms with Gasteiger partial charge in [0.2, 0.25) is 0 Å². The lowest BCUT2D eigenvalue weighted by Crippen LogP contribution is -2.48. The molecule has 0 aliphatic carbocycles. The lowest BCUT2D eigenvalue weighted by molar-refractivity contribution is 0.0518. The van der Waals surface area contributed by atoms with E-state index in [0.717, 1.165) is 11.3 Å². The average molecular weight is 568 g/mol. The van der Waals surface area contributed by atoms with Gasteiger partial charge in [-0.25, -0.2) is 18.9 Å². The van der Waals surface area contributed by atoms with Gasteiger partial charge in [0.1, 0.15) is 16.1 Å². The van der Waals surface area contributed by atoms with Crippen LogP contribution in [0.1, 0.15) is 27.8 Å². The highest BCUT2D eigenvalue weighted by molar-refractivity contribution is 6.33. The molecule has 4 aromatic rings. The number of esters is 1. The molecule has 0 unspecified atom stereocenters. The number of hydrogen-bond donors (Lipinski definition) is 0. The van der Waals surface area contributed by atoms with E-state index >= 15 is 0 Å². The predicted octanol–water partition coefficient (Wildman–Crippen LogP) is 5.52. The van der Waals surface area contributed by atoms with Gasteiger partial charge < -0.3 is 14.5 Å². The number of amides is 1. The molecular weight excluding hydrogens is 544 g/mol. The number of anilines is 1. The van der Waals surface area contributed by atoms with Gasteiger partial charge in [-0.15, -0.1) is 0 Å². The third-order valence-corrected chi connectivity index (χ3v) is 6.74. The first-order chi connectivity index (χ1) is 18.8. The summed E-state index contributed by atoms with van der Waals surface area (Å²) in [5, 5.41) is 4.75. The fourth-order valence-electron chi connectivity index (χ4n) is 4.48. The van der Waals surface area contributed by atoms with Gasteiger partial charge in [-0.3, -0.25) is 4.79 Å². The monoisotopic (exact) mass is 567 g/mol. The Bertz CT molecular complexity index is 1500. The van der Waals surface area contributed by atoms with E-state index in [2.05, 4.69) is 15.0 Å². The van der Waals surface area contributed by atoms with Crippen molar-refractivity contribution in [3.05, 3.63) is 94.1 Å². The predicted molar refractivity (Wildman–Crippen MR) is 147 cm³/mol. The van der Waals surface area contributed by atoms with Gasteiger partial charge in [0, 0.05) is 43.0 Å². The lowest BCUT2D eigenvalue weighted by Gasteiger charge is -2.36. The Kier molecular flexibility index (Phi) is 7.81. The number of aromatic nitrogens is 3. The van der Waals surface area contributed by atoms with Gasteiger partial charge in [-0.2, -0.15) is 5.10 Å². The minimum atomic E-state index is -0.547. The summed E-state index contributed by atoms with van der Waals surface area (Å²) in [6.07, 6.45) is 0. The van der Waals surface area contributed by atoms with E-state index in [1.807, 2.05) is 24.3 Å². The SMILES string of the molecule is CCOC(=O)c1cc(-c2ccc(N3CCN(C(=O)c4cc(Cl)nc(Cl)c4)CC3)cc2)n(-c2cccc(F)c2)n1. The van der Waals surface area contributed by atoms with Gasteiger partial charge in [0.05, 0.1) is 18.0 Å². The average Bonchev–Trinajstić information content (AvgIpc) is 3.38. The molecule has 2 aromatic carbocycles. The van der Waals surface area contributed by atoms with Crippen molar-refractivity contribution < 1.29 is 18.7 Å². The molecule has 0 atom stereocenters. The van der Waals surface area contributed by atoms with Gasteiger partial charge in [-0.1, -0.05) is 41.4 Å². The quantitative estimate of drug-likeness (QED) is 0.225. The second kappa shape index (κ2) is 11.4. The summed E-state index contributed by atoms with van der Waals surface area (Å²) < 4.78 is 20.6. The largest absolute Gasteiger partial charge is 0.461 e. The molecular formula is C28H24Cl2FN5O3. The summed E-state index contributed by atoms with van der Waals surface area (Å²) in [4.78, 5) is 33.1. The number of carbonyl (C=O) groups excluding carboxylic acids is 2. The number of rotatable bonds is 6. The van der Waals surface area contributed by atoms with E-state index < -0.39 is 11.8 Å². The molecule has 0 bridgehead atoms. The molecule has 1 amide bonds. The molecule has 200 valence electrons. The molecule has 1 aliphatic rings. The van der Waals surface area contributed by atoms with Crippen molar-refractivity contribution in [3.8, 4) is 16.9 Å². The van der Waals surface area contributed by atoms with Crippen LogP contribution in [0.5, 0.6) is 0 Å². The number of benzene rings is 2. The zero-order valence-electron chi connectivity index (χ0n) is 21.0. The summed E-state index contributed by atoms with van der Waals surface area (Å²) in [6, 6.07) is 18.5. The van der Waals surface area contributed by atoms with E-state index in [4.69, 9.17) is 27.9 Å². The van der Waals surface area contributed by atoms with E-state index in [0.29, 0.717) is 43.1 Å². The zero-order chi connectivity index (χ0) is 27.5. The Morgan fingerprint density at radius 2 is 1.62 bits per heavy atom. The standard InChI is InChI=1S/C28H24Cl2FN5O3/c1-2-39-28(38)23-17-24(36(33-23)22-5-3-4-20(31)16-22)18-6-8-21(9-7-18)34-10-12-35(13-11-34)27(37)19-14-25(29)32-26(30)15-19/h3-9,14-17H,2,10-13H2,1H3. The molecule has 3 heterocycles. The second-order valence-corrected chi connectivity index (χ2v) is 9.63. The van der Waals surface area contributed by atoms with E-state index in [-0.39, 0.29) is 28.5 Å². The third kappa shape index (κ3) is 5.89. The smallest absolute Gasteiger partial charge is 0.358 e. The Hall–Kier alpha value is -3.95. The maximum atomic E-state index is 14.0. The highest BCUT2D eigenvalue weighted by Crippen LogP contribution is 2.28. The summed E-state index contributed by atoms with van der Waals surface area (Å²) in [5.74, 6) is -1.09. The molecule has 8 nitrogen and oxygen atoms in total. The summed E-state index contributed by atoms with van der Waals surface area (Å²) in [5.41, 5.74) is 3.45. The number of halogens is 3. The number of ether oxygens (including phenoxy) is 1. The van der Waals surface area contributed by atoms with Crippen LogP contribution in [0.3, 0.4) is 0 Å². The maximum absolute atomic E-state index is 14.0. The first-order valence-corrected chi connectivity index (χ1v) is 13.1. The van der Waals surface area contributed by atoms with Crippen LogP contribution >= 0.6 is 23.2 Å². The molecule has 2 aromatic heterocycles. The Morgan fingerprint density at radius 3 is 2.26 bits per heavy atom. The van der Waals surface area contributed by atoms with Crippen LogP contribution in [0.15, 0.2) is 66.7 Å². The van der Waals surface area contributed by atoms with Crippen LogP contribution in [-0.4, -0.2) is 64.3 Å². The fourth-order valence-corrected chi connectivity index (χ4v) is 4.94. The van der Waals surface area contributed by atoms with Crippen molar-refractivity contribution in [3.63, 3.8) is 0 Å². The highest BCUT2D eigenvalue weighted by Gasteiger charge is 2.24. The minimum Gasteiger partial charge on any atom is -0.461 e. The second-order valence-electron chi connectivity index (χ2n) is 8.85. The van der Waals surface area contributed by atoms with Gasteiger partial charge in [-0.05, 0) is 55.5 Å². The van der Waals surface area contributed by atoms with Crippen LogP contribution in [0.4, 0.5) is 10.1 Å². The van der Waals surface area contributed by atoms with Gasteiger partial charge in [0.25, 0.3) is 5.91 Å². The first-order valence-electron chi connectivity index (χ1n) is 12.3. The molecule has 5 rings (SSSR count). The van der Waals surface area contributed by atoms with Crippen LogP contribution < -0.4 is 4.90 Å². The molecule has 0 radical (unpaired) electrons. The summed E-state index contributed by atoms with van der Waals surface area (Å²) in [7, 11) is 0. The van der Waals surface area contributed by atoms with Gasteiger partial charge in [0.15, 0.2) is 5.69 Å². The molecule has 0 spiro atoms. The number of piperazine rings is 1. The van der Waals surface area contributed by atoms with E-state index in [1.165, 1.54) is 28.9 Å². The van der Waals surface area contributed by atoms with Crippen LogP contribution in [0, 0.1) is 5.82 Å². The van der Waals surface area contributed by atoms with Crippen LogP contribution in [0.25, 0.3) is 16.9 Å². The topological polar surface area (TPSA) is 80.6 Å². The number of pyridine rings is 1. The van der Waals surface area contributed by atoms with Crippen molar-refractivity contribution >= 4 is 40.8 Å². The number of nitrogens with zero attached hydrogens (tertiary/aromatic N) is 5. The maximum Gasteiger partial charge on any atom is 0.358 e. The fraction of sp³-hybridized carbons (Fsp3) is 0.214. The number of carbonyl (C=O) groups is 2. The molecule has 0 N–H and O–H groups in total.